The standard InChI is InChI=1S/C28H33NO7S/c1-19(2)35-24-16-15-22(17-25(24)36-20(3)4)27(30)26(28(31)34-18-21-11-7-5-8-12-21)29-37(32,33)23-13-9-6-10-14-23/h5-17,19-20,26-27,29-30H,18H2,1-4H3. The molecule has 0 radical (unpaired) electrons. The van der Waals surface area contributed by atoms with E-state index in [1.165, 1.54) is 18.2 Å². The molecule has 3 rings (SSSR count). The Morgan fingerprint density at radius 3 is 2.00 bits per heavy atom. The van der Waals surface area contributed by atoms with Crippen molar-refractivity contribution in [2.24, 2.45) is 0 Å². The largest absolute Gasteiger partial charge is 0.487 e. The fourth-order valence-electron chi connectivity index (χ4n) is 3.49. The van der Waals surface area contributed by atoms with Crippen molar-refractivity contribution < 1.29 is 32.5 Å². The van der Waals surface area contributed by atoms with Gasteiger partial charge in [-0.1, -0.05) is 54.6 Å². The average Bonchev–Trinajstić information content (AvgIpc) is 2.87. The summed E-state index contributed by atoms with van der Waals surface area (Å²) in [7, 11) is -4.16. The molecule has 2 atom stereocenters. The van der Waals surface area contributed by atoms with E-state index >= 15 is 0 Å². The summed E-state index contributed by atoms with van der Waals surface area (Å²) in [5.41, 5.74) is 0.974. The second-order valence-corrected chi connectivity index (χ2v) is 10.7. The Labute approximate surface area is 218 Å². The summed E-state index contributed by atoms with van der Waals surface area (Å²) in [6, 6.07) is 19.7. The molecule has 198 valence electrons. The molecular formula is C28H33NO7S. The first kappa shape index (κ1) is 28.2. The number of hydrogen-bond donors (Lipinski definition) is 2. The lowest BCUT2D eigenvalue weighted by Gasteiger charge is -2.24. The van der Waals surface area contributed by atoms with Crippen molar-refractivity contribution in [1.82, 2.24) is 4.72 Å². The molecule has 0 aromatic heterocycles. The van der Waals surface area contributed by atoms with Crippen molar-refractivity contribution in [2.75, 3.05) is 0 Å². The highest BCUT2D eigenvalue weighted by atomic mass is 32.2. The van der Waals surface area contributed by atoms with E-state index in [0.717, 1.165) is 5.56 Å². The topological polar surface area (TPSA) is 111 Å². The van der Waals surface area contributed by atoms with E-state index in [1.807, 2.05) is 33.8 Å². The highest BCUT2D eigenvalue weighted by Gasteiger charge is 2.35. The summed E-state index contributed by atoms with van der Waals surface area (Å²) in [6.45, 7) is 7.36. The van der Waals surface area contributed by atoms with Gasteiger partial charge in [-0.2, -0.15) is 4.72 Å². The van der Waals surface area contributed by atoms with Gasteiger partial charge >= 0.3 is 5.97 Å². The van der Waals surface area contributed by atoms with Crippen molar-refractivity contribution in [1.29, 1.82) is 0 Å². The van der Waals surface area contributed by atoms with E-state index < -0.39 is 28.1 Å². The Morgan fingerprint density at radius 2 is 1.41 bits per heavy atom. The minimum atomic E-state index is -4.16. The summed E-state index contributed by atoms with van der Waals surface area (Å²) in [5.74, 6) is -0.0972. The summed E-state index contributed by atoms with van der Waals surface area (Å²) < 4.78 is 45.5. The van der Waals surface area contributed by atoms with E-state index in [0.29, 0.717) is 11.5 Å². The molecule has 37 heavy (non-hydrogen) atoms. The smallest absolute Gasteiger partial charge is 0.327 e. The molecule has 0 amide bonds. The average molecular weight is 528 g/mol. The lowest BCUT2D eigenvalue weighted by atomic mass is 10.0. The van der Waals surface area contributed by atoms with Crippen LogP contribution in [0.3, 0.4) is 0 Å². The molecule has 0 aliphatic heterocycles. The molecule has 0 aliphatic rings. The first-order valence-electron chi connectivity index (χ1n) is 12.0. The predicted octanol–water partition coefficient (Wildman–Crippen LogP) is 4.38. The number of esters is 1. The SMILES string of the molecule is CC(C)Oc1ccc(C(O)C(NS(=O)(=O)c2ccccc2)C(=O)OCc2ccccc2)cc1OC(C)C. The summed E-state index contributed by atoms with van der Waals surface area (Å²) >= 11 is 0. The maximum Gasteiger partial charge on any atom is 0.327 e. The van der Waals surface area contributed by atoms with Gasteiger partial charge in [0, 0.05) is 0 Å². The van der Waals surface area contributed by atoms with Crippen LogP contribution in [0.15, 0.2) is 83.8 Å². The molecule has 0 fully saturated rings. The number of aliphatic hydroxyl groups excluding tert-OH is 1. The Hall–Kier alpha value is -3.40. The van der Waals surface area contributed by atoms with Crippen LogP contribution in [-0.4, -0.2) is 37.7 Å². The number of aliphatic hydroxyl groups is 1. The van der Waals surface area contributed by atoms with E-state index in [9.17, 15) is 18.3 Å². The summed E-state index contributed by atoms with van der Waals surface area (Å²) in [5, 5.41) is 11.3. The maximum absolute atomic E-state index is 13.2. The maximum atomic E-state index is 13.2. The predicted molar refractivity (Wildman–Crippen MR) is 140 cm³/mol. The number of hydrogen-bond acceptors (Lipinski definition) is 7. The monoisotopic (exact) mass is 527 g/mol. The van der Waals surface area contributed by atoms with Crippen molar-refractivity contribution in [3.05, 3.63) is 90.0 Å². The molecule has 0 spiro atoms. The van der Waals surface area contributed by atoms with Crippen LogP contribution in [0.2, 0.25) is 0 Å². The number of nitrogens with one attached hydrogen (secondary N) is 1. The molecule has 9 heteroatoms. The molecule has 0 saturated carbocycles. The third-order valence-corrected chi connectivity index (χ3v) is 6.62. The van der Waals surface area contributed by atoms with Crippen LogP contribution >= 0.6 is 0 Å². The summed E-state index contributed by atoms with van der Waals surface area (Å²) in [6.07, 6.45) is -1.89. The van der Waals surface area contributed by atoms with Crippen LogP contribution in [0, 0.1) is 0 Å². The highest BCUT2D eigenvalue weighted by Crippen LogP contribution is 2.33. The molecular weight excluding hydrogens is 494 g/mol. The lowest BCUT2D eigenvalue weighted by molar-refractivity contribution is -0.150. The first-order chi connectivity index (χ1) is 17.6. The van der Waals surface area contributed by atoms with Crippen LogP contribution < -0.4 is 14.2 Å². The minimum Gasteiger partial charge on any atom is -0.487 e. The minimum absolute atomic E-state index is 0.0485. The number of benzene rings is 3. The van der Waals surface area contributed by atoms with E-state index in [4.69, 9.17) is 14.2 Å². The van der Waals surface area contributed by atoms with Crippen LogP contribution in [0.1, 0.15) is 44.9 Å². The summed E-state index contributed by atoms with van der Waals surface area (Å²) in [4.78, 5) is 13.1. The molecule has 2 N–H and O–H groups in total. The molecule has 3 aromatic carbocycles. The van der Waals surface area contributed by atoms with Crippen LogP contribution in [0.4, 0.5) is 0 Å². The second-order valence-electron chi connectivity index (χ2n) is 8.99. The van der Waals surface area contributed by atoms with Gasteiger partial charge in [0.05, 0.1) is 17.1 Å². The quantitative estimate of drug-likeness (QED) is 0.336. The number of carbonyl (C=O) groups is 1. The van der Waals surface area contributed by atoms with Crippen molar-refractivity contribution in [3.63, 3.8) is 0 Å². The Balaban J connectivity index is 1.94. The van der Waals surface area contributed by atoms with Gasteiger partial charge in [0.25, 0.3) is 0 Å². The van der Waals surface area contributed by atoms with Gasteiger partial charge < -0.3 is 19.3 Å². The third-order valence-electron chi connectivity index (χ3n) is 5.16. The number of sulfonamides is 1. The number of carbonyl (C=O) groups excluding carboxylic acids is 1. The van der Waals surface area contributed by atoms with E-state index in [1.54, 1.807) is 54.6 Å². The Kier molecular flexibility index (Phi) is 9.68. The molecule has 0 saturated heterocycles. The lowest BCUT2D eigenvalue weighted by Crippen LogP contribution is -2.45. The molecule has 0 aliphatic carbocycles. The molecule has 0 bridgehead atoms. The molecule has 3 aromatic rings. The van der Waals surface area contributed by atoms with E-state index in [-0.39, 0.29) is 29.3 Å². The van der Waals surface area contributed by atoms with E-state index in [2.05, 4.69) is 4.72 Å². The number of rotatable bonds is 12. The highest BCUT2D eigenvalue weighted by molar-refractivity contribution is 7.89. The molecule has 2 unspecified atom stereocenters. The van der Waals surface area contributed by atoms with Gasteiger partial charge in [-0.15, -0.1) is 0 Å². The van der Waals surface area contributed by atoms with Crippen molar-refractivity contribution in [2.45, 2.75) is 63.6 Å². The third kappa shape index (κ3) is 8.04. The van der Waals surface area contributed by atoms with Gasteiger partial charge in [-0.05, 0) is 63.1 Å². The fourth-order valence-corrected chi connectivity index (χ4v) is 4.70. The van der Waals surface area contributed by atoms with Gasteiger partial charge in [0.15, 0.2) is 11.5 Å². The van der Waals surface area contributed by atoms with Crippen molar-refractivity contribution in [3.8, 4) is 11.5 Å². The molecule has 8 nitrogen and oxygen atoms in total. The van der Waals surface area contributed by atoms with Crippen LogP contribution in [-0.2, 0) is 26.2 Å². The Morgan fingerprint density at radius 1 is 0.838 bits per heavy atom. The number of ether oxygens (including phenoxy) is 3. The zero-order valence-corrected chi connectivity index (χ0v) is 22.1. The normalized spacial score (nSPS) is 13.3. The first-order valence-corrected chi connectivity index (χ1v) is 13.5. The van der Waals surface area contributed by atoms with Crippen LogP contribution in [0.25, 0.3) is 0 Å². The van der Waals surface area contributed by atoms with Crippen LogP contribution in [0.5, 0.6) is 11.5 Å². The second kappa shape index (κ2) is 12.7. The van der Waals surface area contributed by atoms with Gasteiger partial charge in [-0.25, -0.2) is 8.42 Å². The van der Waals surface area contributed by atoms with Gasteiger partial charge in [-0.3, -0.25) is 4.79 Å². The Bertz CT molecular complexity index is 1260. The zero-order valence-electron chi connectivity index (χ0n) is 21.3. The van der Waals surface area contributed by atoms with Crippen molar-refractivity contribution >= 4 is 16.0 Å². The molecule has 0 heterocycles. The fraction of sp³-hybridized carbons (Fsp3) is 0.321. The zero-order chi connectivity index (χ0) is 27.0. The van der Waals surface area contributed by atoms with Gasteiger partial charge in [0.2, 0.25) is 10.0 Å². The van der Waals surface area contributed by atoms with Gasteiger partial charge in [0.1, 0.15) is 18.8 Å².